The Labute approximate surface area is 168 Å². The van der Waals surface area contributed by atoms with E-state index in [9.17, 15) is 4.79 Å². The molecule has 0 radical (unpaired) electrons. The third-order valence-corrected chi connectivity index (χ3v) is 7.75. The van der Waals surface area contributed by atoms with Crippen LogP contribution in [0.5, 0.6) is 11.5 Å². The quantitative estimate of drug-likeness (QED) is 0.673. The Morgan fingerprint density at radius 3 is 2.70 bits per heavy atom. The molecule has 4 saturated carbocycles. The lowest BCUT2D eigenvalue weighted by molar-refractivity contribution is -0.120. The highest BCUT2D eigenvalue weighted by molar-refractivity contribution is 9.10. The van der Waals surface area contributed by atoms with Crippen LogP contribution in [-0.4, -0.2) is 30.1 Å². The van der Waals surface area contributed by atoms with Crippen molar-refractivity contribution in [1.82, 2.24) is 10.6 Å². The summed E-state index contributed by atoms with van der Waals surface area (Å²) < 4.78 is 11.1. The average Bonchev–Trinajstić information content (AvgIpc) is 3.05. The SMILES string of the molecule is O=C(CNCC12CC3CC(CC(Br)(C3)C1)C2)NCc1ccc2c(c1)OCO2. The molecule has 1 heterocycles. The first-order valence-electron chi connectivity index (χ1n) is 10.1. The molecule has 4 bridgehead atoms. The number of rotatable bonds is 6. The van der Waals surface area contributed by atoms with Gasteiger partial charge in [0.1, 0.15) is 0 Å². The monoisotopic (exact) mass is 434 g/mol. The Morgan fingerprint density at radius 2 is 1.93 bits per heavy atom. The van der Waals surface area contributed by atoms with E-state index in [0.717, 1.165) is 35.4 Å². The van der Waals surface area contributed by atoms with Crippen molar-refractivity contribution >= 4 is 21.8 Å². The van der Waals surface area contributed by atoms with Gasteiger partial charge in [0.25, 0.3) is 0 Å². The molecule has 1 aliphatic heterocycles. The molecule has 6 rings (SSSR count). The van der Waals surface area contributed by atoms with Crippen LogP contribution in [0.4, 0.5) is 0 Å². The molecule has 1 amide bonds. The van der Waals surface area contributed by atoms with E-state index in [4.69, 9.17) is 9.47 Å². The molecule has 2 N–H and O–H groups in total. The molecular formula is C21H27BrN2O3. The van der Waals surface area contributed by atoms with Crippen LogP contribution in [-0.2, 0) is 11.3 Å². The number of hydrogen-bond donors (Lipinski definition) is 2. The maximum atomic E-state index is 12.3. The van der Waals surface area contributed by atoms with E-state index in [2.05, 4.69) is 26.6 Å². The van der Waals surface area contributed by atoms with E-state index in [1.165, 1.54) is 38.5 Å². The molecule has 4 aliphatic carbocycles. The fraction of sp³-hybridized carbons (Fsp3) is 0.667. The van der Waals surface area contributed by atoms with Gasteiger partial charge in [0.05, 0.1) is 6.54 Å². The lowest BCUT2D eigenvalue weighted by Gasteiger charge is -2.60. The summed E-state index contributed by atoms with van der Waals surface area (Å²) in [5, 5.41) is 6.46. The number of carbonyl (C=O) groups excluding carboxylic acids is 1. The molecule has 5 nitrogen and oxygen atoms in total. The van der Waals surface area contributed by atoms with Crippen LogP contribution in [0.3, 0.4) is 0 Å². The smallest absolute Gasteiger partial charge is 0.234 e. The maximum absolute atomic E-state index is 12.3. The fourth-order valence-corrected chi connectivity index (χ4v) is 7.81. The van der Waals surface area contributed by atoms with Crippen molar-refractivity contribution in [3.63, 3.8) is 0 Å². The number of alkyl halides is 1. The number of ether oxygens (including phenoxy) is 2. The molecule has 2 atom stereocenters. The zero-order valence-corrected chi connectivity index (χ0v) is 17.1. The van der Waals surface area contributed by atoms with Crippen LogP contribution in [0, 0.1) is 17.3 Å². The topological polar surface area (TPSA) is 59.6 Å². The second kappa shape index (κ2) is 6.66. The van der Waals surface area contributed by atoms with E-state index >= 15 is 0 Å². The number of halogens is 1. The third-order valence-electron chi connectivity index (χ3n) is 6.82. The van der Waals surface area contributed by atoms with E-state index in [-0.39, 0.29) is 12.7 Å². The number of benzene rings is 1. The predicted octanol–water partition coefficient (Wildman–Crippen LogP) is 3.36. The van der Waals surface area contributed by atoms with E-state index in [1.807, 2.05) is 18.2 Å². The molecule has 0 aromatic heterocycles. The van der Waals surface area contributed by atoms with Crippen molar-refractivity contribution in [3.8, 4) is 11.5 Å². The molecule has 146 valence electrons. The number of fused-ring (bicyclic) bond motifs is 1. The van der Waals surface area contributed by atoms with E-state index in [0.29, 0.717) is 22.8 Å². The number of hydrogen-bond acceptors (Lipinski definition) is 4. The Morgan fingerprint density at radius 1 is 1.15 bits per heavy atom. The molecule has 1 aromatic carbocycles. The Balaban J connectivity index is 1.10. The molecule has 0 saturated heterocycles. The predicted molar refractivity (Wildman–Crippen MR) is 106 cm³/mol. The van der Waals surface area contributed by atoms with Crippen LogP contribution in [0.2, 0.25) is 0 Å². The minimum Gasteiger partial charge on any atom is -0.454 e. The van der Waals surface area contributed by atoms with Crippen LogP contribution >= 0.6 is 15.9 Å². The molecule has 5 aliphatic rings. The molecule has 6 heteroatoms. The van der Waals surface area contributed by atoms with E-state index in [1.54, 1.807) is 0 Å². The summed E-state index contributed by atoms with van der Waals surface area (Å²) in [5.41, 5.74) is 1.42. The van der Waals surface area contributed by atoms with Gasteiger partial charge in [-0.15, -0.1) is 0 Å². The van der Waals surface area contributed by atoms with Crippen LogP contribution in [0.25, 0.3) is 0 Å². The van der Waals surface area contributed by atoms with Gasteiger partial charge in [0, 0.05) is 17.4 Å². The van der Waals surface area contributed by atoms with Crippen molar-refractivity contribution in [2.45, 2.75) is 49.4 Å². The first-order chi connectivity index (χ1) is 13.0. The number of amides is 1. The molecule has 4 fully saturated rings. The van der Waals surface area contributed by atoms with Gasteiger partial charge in [-0.1, -0.05) is 22.0 Å². The van der Waals surface area contributed by atoms with E-state index < -0.39 is 0 Å². The van der Waals surface area contributed by atoms with Gasteiger partial charge in [-0.3, -0.25) is 4.79 Å². The summed E-state index contributed by atoms with van der Waals surface area (Å²) in [6.45, 7) is 2.13. The Kier molecular flexibility index (Phi) is 4.39. The van der Waals surface area contributed by atoms with Crippen molar-refractivity contribution in [1.29, 1.82) is 0 Å². The summed E-state index contributed by atoms with van der Waals surface area (Å²) in [6, 6.07) is 5.79. The van der Waals surface area contributed by atoms with Crippen LogP contribution in [0.15, 0.2) is 18.2 Å². The van der Waals surface area contributed by atoms with Crippen molar-refractivity contribution < 1.29 is 14.3 Å². The highest BCUT2D eigenvalue weighted by Crippen LogP contribution is 2.64. The van der Waals surface area contributed by atoms with Gasteiger partial charge < -0.3 is 20.1 Å². The molecular weight excluding hydrogens is 408 g/mol. The summed E-state index contributed by atoms with van der Waals surface area (Å²) in [6.07, 6.45) is 8.05. The first kappa shape index (κ1) is 17.8. The second-order valence-corrected chi connectivity index (χ2v) is 10.9. The minimum atomic E-state index is 0.0472. The van der Waals surface area contributed by atoms with Gasteiger partial charge in [-0.2, -0.15) is 0 Å². The molecule has 0 spiro atoms. The number of carbonyl (C=O) groups is 1. The lowest BCUT2D eigenvalue weighted by atomic mass is 9.49. The Bertz CT molecular complexity index is 739. The van der Waals surface area contributed by atoms with Gasteiger partial charge in [0.15, 0.2) is 11.5 Å². The maximum Gasteiger partial charge on any atom is 0.234 e. The highest BCUT2D eigenvalue weighted by atomic mass is 79.9. The Hall–Kier alpha value is -1.27. The van der Waals surface area contributed by atoms with Crippen molar-refractivity contribution in [2.75, 3.05) is 19.9 Å². The van der Waals surface area contributed by atoms with Gasteiger partial charge >= 0.3 is 0 Å². The minimum absolute atomic E-state index is 0.0472. The van der Waals surface area contributed by atoms with Gasteiger partial charge in [-0.25, -0.2) is 0 Å². The molecule has 27 heavy (non-hydrogen) atoms. The zero-order valence-electron chi connectivity index (χ0n) is 15.6. The summed E-state index contributed by atoms with van der Waals surface area (Å²) in [7, 11) is 0. The first-order valence-corrected chi connectivity index (χ1v) is 10.9. The largest absolute Gasteiger partial charge is 0.454 e. The second-order valence-electron chi connectivity index (χ2n) is 9.18. The number of nitrogens with one attached hydrogen (secondary N) is 2. The average molecular weight is 435 g/mol. The highest BCUT2D eigenvalue weighted by Gasteiger charge is 2.56. The van der Waals surface area contributed by atoms with Crippen LogP contribution < -0.4 is 20.1 Å². The van der Waals surface area contributed by atoms with Gasteiger partial charge in [-0.05, 0) is 73.5 Å². The lowest BCUT2D eigenvalue weighted by Crippen LogP contribution is -2.56. The summed E-state index contributed by atoms with van der Waals surface area (Å²) in [4.78, 5) is 12.3. The standard InChI is InChI=1S/C21H27BrN2O3/c22-21-7-15-3-16(8-21)6-20(5-15,11-21)12-23-10-19(25)24-9-14-1-2-17-18(4-14)27-13-26-17/h1-2,4,15-16,23H,3,5-13H2,(H,24,25). The van der Waals surface area contributed by atoms with Crippen LogP contribution in [0.1, 0.15) is 44.1 Å². The third kappa shape index (κ3) is 3.58. The normalized spacial score (nSPS) is 35.4. The summed E-state index contributed by atoms with van der Waals surface area (Å²) in [5.74, 6) is 3.34. The zero-order chi connectivity index (χ0) is 18.5. The van der Waals surface area contributed by atoms with Crippen molar-refractivity contribution in [2.24, 2.45) is 17.3 Å². The summed E-state index contributed by atoms with van der Waals surface area (Å²) >= 11 is 4.06. The fourth-order valence-electron chi connectivity index (χ4n) is 6.30. The van der Waals surface area contributed by atoms with Crippen molar-refractivity contribution in [3.05, 3.63) is 23.8 Å². The molecule has 1 aromatic rings. The molecule has 2 unspecified atom stereocenters. The van der Waals surface area contributed by atoms with Gasteiger partial charge in [0.2, 0.25) is 12.7 Å².